The number of alkyl halides is 3. The average Bonchev–Trinajstić information content (AvgIpc) is 2.79. The van der Waals surface area contributed by atoms with Crippen LogP contribution in [0.2, 0.25) is 0 Å². The minimum atomic E-state index is -4.54. The second-order valence-electron chi connectivity index (χ2n) is 4.38. The summed E-state index contributed by atoms with van der Waals surface area (Å²) in [7, 11) is 2.75. The molecule has 0 saturated carbocycles. The van der Waals surface area contributed by atoms with Gasteiger partial charge in [0.1, 0.15) is 5.75 Å². The Morgan fingerprint density at radius 2 is 2.00 bits per heavy atom. The van der Waals surface area contributed by atoms with E-state index in [9.17, 15) is 18.0 Å². The summed E-state index contributed by atoms with van der Waals surface area (Å²) in [6.07, 6.45) is -4.54. The summed E-state index contributed by atoms with van der Waals surface area (Å²) < 4.78 is 45.3. The van der Waals surface area contributed by atoms with Crippen LogP contribution in [-0.4, -0.2) is 28.0 Å². The Kier molecular flexibility index (Phi) is 4.19. The molecule has 0 fully saturated rings. The topological polar surface area (TPSA) is 64.3 Å². The average molecular weight is 379 g/mol. The molecule has 22 heavy (non-hydrogen) atoms. The van der Waals surface area contributed by atoms with Crippen molar-refractivity contribution in [3.63, 3.8) is 0 Å². The van der Waals surface area contributed by atoms with E-state index >= 15 is 0 Å². The van der Waals surface area contributed by atoms with Crippen molar-refractivity contribution in [3.05, 3.63) is 33.9 Å². The smallest absolute Gasteiger partial charge is 0.416 e. The van der Waals surface area contributed by atoms with Gasteiger partial charge in [-0.2, -0.15) is 18.3 Å². The quantitative estimate of drug-likeness (QED) is 0.886. The number of carboxylic acids is 1. The zero-order chi connectivity index (χ0) is 16.7. The lowest BCUT2D eigenvalue weighted by Gasteiger charge is -2.15. The van der Waals surface area contributed by atoms with Crippen molar-refractivity contribution in [1.29, 1.82) is 0 Å². The van der Waals surface area contributed by atoms with Gasteiger partial charge in [-0.3, -0.25) is 4.68 Å². The van der Waals surface area contributed by atoms with E-state index in [1.165, 1.54) is 24.9 Å². The largest absolute Gasteiger partial charge is 0.495 e. The molecular formula is C13H10BrF3N2O3. The van der Waals surface area contributed by atoms with Crippen LogP contribution in [0.3, 0.4) is 0 Å². The Labute approximate surface area is 131 Å². The van der Waals surface area contributed by atoms with Crippen LogP contribution in [0.1, 0.15) is 16.1 Å². The lowest BCUT2D eigenvalue weighted by Crippen LogP contribution is -2.06. The van der Waals surface area contributed by atoms with Gasteiger partial charge in [0.2, 0.25) is 0 Å². The first-order chi connectivity index (χ1) is 10.1. The van der Waals surface area contributed by atoms with Gasteiger partial charge in [-0.15, -0.1) is 0 Å². The van der Waals surface area contributed by atoms with E-state index in [2.05, 4.69) is 21.0 Å². The molecule has 1 aromatic carbocycles. The summed E-state index contributed by atoms with van der Waals surface area (Å²) in [5.41, 5.74) is -0.867. The van der Waals surface area contributed by atoms with Gasteiger partial charge < -0.3 is 9.84 Å². The molecule has 0 atom stereocenters. The van der Waals surface area contributed by atoms with Gasteiger partial charge in [-0.05, 0) is 34.1 Å². The predicted molar refractivity (Wildman–Crippen MR) is 74.9 cm³/mol. The minimum Gasteiger partial charge on any atom is -0.495 e. The maximum Gasteiger partial charge on any atom is 0.416 e. The summed E-state index contributed by atoms with van der Waals surface area (Å²) in [5, 5.41) is 12.7. The lowest BCUT2D eigenvalue weighted by atomic mass is 10.1. The molecule has 0 amide bonds. The summed E-state index contributed by atoms with van der Waals surface area (Å²) in [6, 6.07) is 2.98. The number of nitrogens with zero attached hydrogens (tertiary/aromatic N) is 2. The number of carboxylic acid groups (broad SMARTS) is 1. The molecule has 1 heterocycles. The highest BCUT2D eigenvalue weighted by Crippen LogP contribution is 2.42. The standard InChI is InChI=1S/C13H10BrF3N2O3/c1-19-10(5-9(18-19)12(20)21)7-3-6(13(15,16)17)4-8(14)11(7)22-2/h3-5H,1-2H3,(H,20,21). The second-order valence-corrected chi connectivity index (χ2v) is 5.23. The highest BCUT2D eigenvalue weighted by molar-refractivity contribution is 9.10. The molecule has 0 unspecified atom stereocenters. The van der Waals surface area contributed by atoms with Gasteiger partial charge in [0, 0.05) is 12.6 Å². The first-order valence-electron chi connectivity index (χ1n) is 5.87. The van der Waals surface area contributed by atoms with Crippen LogP contribution in [0.4, 0.5) is 13.2 Å². The number of ether oxygens (including phenoxy) is 1. The van der Waals surface area contributed by atoms with E-state index in [4.69, 9.17) is 9.84 Å². The maximum atomic E-state index is 13.0. The maximum absolute atomic E-state index is 13.0. The monoisotopic (exact) mass is 378 g/mol. The molecule has 118 valence electrons. The highest BCUT2D eigenvalue weighted by Gasteiger charge is 2.33. The predicted octanol–water partition coefficient (Wildman–Crippen LogP) is 3.58. The van der Waals surface area contributed by atoms with Gasteiger partial charge >= 0.3 is 12.1 Å². The van der Waals surface area contributed by atoms with E-state index in [0.29, 0.717) is 0 Å². The number of halogens is 4. The second kappa shape index (κ2) is 5.64. The van der Waals surface area contributed by atoms with Crippen LogP contribution >= 0.6 is 15.9 Å². The zero-order valence-electron chi connectivity index (χ0n) is 11.4. The van der Waals surface area contributed by atoms with Crippen LogP contribution in [0.5, 0.6) is 5.75 Å². The number of hydrogen-bond acceptors (Lipinski definition) is 3. The molecule has 0 aliphatic rings. The number of benzene rings is 1. The van der Waals surface area contributed by atoms with Gasteiger partial charge in [0.25, 0.3) is 0 Å². The molecule has 0 saturated heterocycles. The molecule has 0 aliphatic heterocycles. The van der Waals surface area contributed by atoms with Crippen molar-refractivity contribution in [2.45, 2.75) is 6.18 Å². The summed E-state index contributed by atoms with van der Waals surface area (Å²) in [5.74, 6) is -1.11. The molecule has 2 rings (SSSR count). The number of rotatable bonds is 3. The third-order valence-electron chi connectivity index (χ3n) is 2.95. The van der Waals surface area contributed by atoms with E-state index in [-0.39, 0.29) is 27.2 Å². The minimum absolute atomic E-state index is 0.0895. The number of aryl methyl sites for hydroxylation is 1. The van der Waals surface area contributed by atoms with Gasteiger partial charge in [0.05, 0.1) is 22.8 Å². The third-order valence-corrected chi connectivity index (χ3v) is 3.54. The van der Waals surface area contributed by atoms with Crippen LogP contribution in [0, 0.1) is 0 Å². The van der Waals surface area contributed by atoms with Crippen molar-refractivity contribution in [1.82, 2.24) is 9.78 Å². The molecule has 0 radical (unpaired) electrons. The lowest BCUT2D eigenvalue weighted by molar-refractivity contribution is -0.137. The van der Waals surface area contributed by atoms with E-state index < -0.39 is 17.7 Å². The zero-order valence-corrected chi connectivity index (χ0v) is 13.0. The van der Waals surface area contributed by atoms with Gasteiger partial charge in [0.15, 0.2) is 5.69 Å². The highest BCUT2D eigenvalue weighted by atomic mass is 79.9. The number of carbonyl (C=O) groups is 1. The van der Waals surface area contributed by atoms with Crippen LogP contribution in [0.15, 0.2) is 22.7 Å². The van der Waals surface area contributed by atoms with Crippen LogP contribution in [-0.2, 0) is 13.2 Å². The summed E-state index contributed by atoms with van der Waals surface area (Å²) in [6.45, 7) is 0. The number of hydrogen-bond donors (Lipinski definition) is 1. The van der Waals surface area contributed by atoms with Crippen LogP contribution in [0.25, 0.3) is 11.3 Å². The number of methoxy groups -OCH3 is 1. The molecule has 9 heteroatoms. The number of aromatic carboxylic acids is 1. The van der Waals surface area contributed by atoms with E-state index in [1.807, 2.05) is 0 Å². The third kappa shape index (κ3) is 2.94. The fourth-order valence-electron chi connectivity index (χ4n) is 1.98. The van der Waals surface area contributed by atoms with Crippen molar-refractivity contribution in [3.8, 4) is 17.0 Å². The fourth-order valence-corrected chi connectivity index (χ4v) is 2.60. The number of aromatic nitrogens is 2. The summed E-state index contributed by atoms with van der Waals surface area (Å²) in [4.78, 5) is 10.9. The SMILES string of the molecule is COc1c(Br)cc(C(F)(F)F)cc1-c1cc(C(=O)O)nn1C. The van der Waals surface area contributed by atoms with Crippen LogP contribution < -0.4 is 4.74 Å². The van der Waals surface area contributed by atoms with Gasteiger partial charge in [-0.25, -0.2) is 4.79 Å². The summed E-state index contributed by atoms with van der Waals surface area (Å²) >= 11 is 3.04. The molecule has 2 aromatic rings. The molecule has 0 aliphatic carbocycles. The van der Waals surface area contributed by atoms with Gasteiger partial charge in [-0.1, -0.05) is 0 Å². The van der Waals surface area contributed by atoms with E-state index in [0.717, 1.165) is 12.1 Å². The first kappa shape index (κ1) is 16.3. The molecule has 0 bridgehead atoms. The Morgan fingerprint density at radius 3 is 2.45 bits per heavy atom. The van der Waals surface area contributed by atoms with E-state index in [1.54, 1.807) is 0 Å². The first-order valence-corrected chi connectivity index (χ1v) is 6.67. The Balaban J connectivity index is 2.73. The van der Waals surface area contributed by atoms with Crippen molar-refractivity contribution in [2.24, 2.45) is 7.05 Å². The molecule has 1 N–H and O–H groups in total. The fraction of sp³-hybridized carbons (Fsp3) is 0.231. The molecule has 1 aromatic heterocycles. The molecule has 0 spiro atoms. The Bertz CT molecular complexity index is 741. The Morgan fingerprint density at radius 1 is 1.36 bits per heavy atom. The Hall–Kier alpha value is -2.03. The normalized spacial score (nSPS) is 11.5. The molecule has 5 nitrogen and oxygen atoms in total. The van der Waals surface area contributed by atoms with Crippen molar-refractivity contribution >= 4 is 21.9 Å². The van der Waals surface area contributed by atoms with Crippen molar-refractivity contribution < 1.29 is 27.8 Å². The van der Waals surface area contributed by atoms with Crippen molar-refractivity contribution in [2.75, 3.05) is 7.11 Å². The molecular weight excluding hydrogens is 369 g/mol.